The quantitative estimate of drug-likeness (QED) is 0.308. The number of halogens is 2. The van der Waals surface area contributed by atoms with E-state index < -0.39 is 17.5 Å². The molecule has 0 aliphatic rings. The summed E-state index contributed by atoms with van der Waals surface area (Å²) in [6, 6.07) is 20.2. The predicted octanol–water partition coefficient (Wildman–Crippen LogP) is 4.45. The van der Waals surface area contributed by atoms with Crippen LogP contribution in [0.2, 0.25) is 0 Å². The standard InChI is InChI=1S/C24H18F2N4O2S/c25-17-10-12-18(13-11-17)30-22(14-27-23(32)19-8-4-5-9-20(19)26)28-29-24(30)33-15-21(31)16-6-2-1-3-7-16/h1-13H,14-15H2,(H,27,32). The summed E-state index contributed by atoms with van der Waals surface area (Å²) in [5.41, 5.74) is 1.05. The van der Waals surface area contributed by atoms with Gasteiger partial charge in [-0.25, -0.2) is 8.78 Å². The van der Waals surface area contributed by atoms with Crippen molar-refractivity contribution in [3.63, 3.8) is 0 Å². The monoisotopic (exact) mass is 464 g/mol. The first-order valence-electron chi connectivity index (χ1n) is 9.97. The van der Waals surface area contributed by atoms with E-state index >= 15 is 0 Å². The maximum atomic E-state index is 13.9. The van der Waals surface area contributed by atoms with Gasteiger partial charge in [-0.3, -0.25) is 14.2 Å². The summed E-state index contributed by atoms with van der Waals surface area (Å²) >= 11 is 1.18. The van der Waals surface area contributed by atoms with Crippen LogP contribution >= 0.6 is 11.8 Å². The lowest BCUT2D eigenvalue weighted by Gasteiger charge is -2.11. The molecule has 0 aliphatic carbocycles. The number of benzene rings is 3. The number of nitrogens with one attached hydrogen (secondary N) is 1. The highest BCUT2D eigenvalue weighted by molar-refractivity contribution is 7.99. The van der Waals surface area contributed by atoms with Crippen LogP contribution in [0.5, 0.6) is 0 Å². The van der Waals surface area contributed by atoms with E-state index in [0.29, 0.717) is 22.2 Å². The second-order valence-electron chi connectivity index (χ2n) is 6.95. The van der Waals surface area contributed by atoms with Gasteiger partial charge in [0.15, 0.2) is 16.8 Å². The van der Waals surface area contributed by atoms with E-state index in [-0.39, 0.29) is 23.6 Å². The molecule has 0 saturated heterocycles. The van der Waals surface area contributed by atoms with Gasteiger partial charge < -0.3 is 5.32 Å². The smallest absolute Gasteiger partial charge is 0.254 e. The average molecular weight is 464 g/mol. The summed E-state index contributed by atoms with van der Waals surface area (Å²) < 4.78 is 29.0. The maximum absolute atomic E-state index is 13.9. The molecule has 166 valence electrons. The number of carbonyl (C=O) groups is 2. The Kier molecular flexibility index (Phi) is 6.89. The first kappa shape index (κ1) is 22.3. The number of ketones is 1. The molecule has 0 atom stereocenters. The van der Waals surface area contributed by atoms with E-state index in [2.05, 4.69) is 15.5 Å². The molecular formula is C24H18F2N4O2S. The van der Waals surface area contributed by atoms with Gasteiger partial charge in [0.2, 0.25) is 0 Å². The van der Waals surface area contributed by atoms with Gasteiger partial charge in [0.05, 0.1) is 17.9 Å². The number of carbonyl (C=O) groups excluding carboxylic acids is 2. The van der Waals surface area contributed by atoms with Crippen LogP contribution in [0, 0.1) is 11.6 Å². The Labute approximate surface area is 192 Å². The van der Waals surface area contributed by atoms with Gasteiger partial charge in [0.1, 0.15) is 11.6 Å². The number of amides is 1. The normalized spacial score (nSPS) is 10.7. The van der Waals surface area contributed by atoms with Gasteiger partial charge in [-0.2, -0.15) is 0 Å². The summed E-state index contributed by atoms with van der Waals surface area (Å²) in [6.45, 7) is -0.0509. The second-order valence-corrected chi connectivity index (χ2v) is 7.89. The molecule has 9 heteroatoms. The molecule has 3 aromatic carbocycles. The lowest BCUT2D eigenvalue weighted by Crippen LogP contribution is -2.25. The van der Waals surface area contributed by atoms with Crippen LogP contribution in [0.15, 0.2) is 84.0 Å². The Morgan fingerprint density at radius 2 is 1.58 bits per heavy atom. The molecule has 0 unspecified atom stereocenters. The van der Waals surface area contributed by atoms with Gasteiger partial charge in [0, 0.05) is 11.3 Å². The fourth-order valence-corrected chi connectivity index (χ4v) is 3.96. The Morgan fingerprint density at radius 3 is 2.30 bits per heavy atom. The van der Waals surface area contributed by atoms with Crippen molar-refractivity contribution in [2.75, 3.05) is 5.75 Å². The molecule has 4 rings (SSSR count). The van der Waals surface area contributed by atoms with Crippen molar-refractivity contribution >= 4 is 23.5 Å². The van der Waals surface area contributed by atoms with Gasteiger partial charge >= 0.3 is 0 Å². The van der Waals surface area contributed by atoms with Gasteiger partial charge in [-0.05, 0) is 36.4 Å². The molecule has 0 fully saturated rings. The van der Waals surface area contributed by atoms with Crippen molar-refractivity contribution in [3.8, 4) is 5.69 Å². The molecular weight excluding hydrogens is 446 g/mol. The number of nitrogens with zero attached hydrogens (tertiary/aromatic N) is 3. The Hall–Kier alpha value is -3.85. The minimum Gasteiger partial charge on any atom is -0.345 e. The van der Waals surface area contributed by atoms with Crippen molar-refractivity contribution in [1.82, 2.24) is 20.1 Å². The molecule has 6 nitrogen and oxygen atoms in total. The lowest BCUT2D eigenvalue weighted by atomic mass is 10.2. The third-order valence-corrected chi connectivity index (χ3v) is 5.67. The van der Waals surface area contributed by atoms with Crippen molar-refractivity contribution in [2.45, 2.75) is 11.7 Å². The van der Waals surface area contributed by atoms with Crippen LogP contribution in [0.3, 0.4) is 0 Å². The third kappa shape index (κ3) is 5.32. The average Bonchev–Trinajstić information content (AvgIpc) is 3.25. The molecule has 1 heterocycles. The zero-order valence-electron chi connectivity index (χ0n) is 17.2. The van der Waals surface area contributed by atoms with E-state index in [1.165, 1.54) is 42.1 Å². The minimum atomic E-state index is -0.634. The SMILES string of the molecule is O=C(CSc1nnc(CNC(=O)c2ccccc2F)n1-c1ccc(F)cc1)c1ccccc1. The molecule has 33 heavy (non-hydrogen) atoms. The summed E-state index contributed by atoms with van der Waals surface area (Å²) in [6.07, 6.45) is 0. The first-order valence-corrected chi connectivity index (χ1v) is 11.0. The van der Waals surface area contributed by atoms with E-state index in [1.807, 2.05) is 6.07 Å². The van der Waals surface area contributed by atoms with Crippen molar-refractivity contribution in [1.29, 1.82) is 0 Å². The number of thioether (sulfide) groups is 1. The molecule has 1 aromatic heterocycles. The van der Waals surface area contributed by atoms with Crippen molar-refractivity contribution in [3.05, 3.63) is 107 Å². The number of Topliss-reactive ketones (excluding diaryl/α,β-unsaturated/α-hetero) is 1. The first-order chi connectivity index (χ1) is 16.0. The topological polar surface area (TPSA) is 76.9 Å². The fourth-order valence-electron chi connectivity index (χ4n) is 3.10. The zero-order chi connectivity index (χ0) is 23.2. The predicted molar refractivity (Wildman–Crippen MR) is 120 cm³/mol. The molecule has 0 radical (unpaired) electrons. The molecule has 0 aliphatic heterocycles. The van der Waals surface area contributed by atoms with Crippen molar-refractivity contribution < 1.29 is 18.4 Å². The highest BCUT2D eigenvalue weighted by Crippen LogP contribution is 2.23. The third-order valence-electron chi connectivity index (χ3n) is 4.74. The molecule has 0 bridgehead atoms. The number of aromatic nitrogens is 3. The summed E-state index contributed by atoms with van der Waals surface area (Å²) in [4.78, 5) is 24.9. The number of hydrogen-bond acceptors (Lipinski definition) is 5. The fraction of sp³-hybridized carbons (Fsp3) is 0.0833. The van der Waals surface area contributed by atoms with Crippen LogP contribution < -0.4 is 5.32 Å². The lowest BCUT2D eigenvalue weighted by molar-refractivity contribution is 0.0944. The molecule has 0 saturated carbocycles. The van der Waals surface area contributed by atoms with Crippen LogP contribution in [0.1, 0.15) is 26.5 Å². The van der Waals surface area contributed by atoms with E-state index in [4.69, 9.17) is 0 Å². The molecule has 0 spiro atoms. The van der Waals surface area contributed by atoms with E-state index in [1.54, 1.807) is 47.0 Å². The highest BCUT2D eigenvalue weighted by atomic mass is 32.2. The Morgan fingerprint density at radius 1 is 0.879 bits per heavy atom. The number of hydrogen-bond donors (Lipinski definition) is 1. The van der Waals surface area contributed by atoms with Gasteiger partial charge in [-0.15, -0.1) is 10.2 Å². The van der Waals surface area contributed by atoms with E-state index in [0.717, 1.165) is 0 Å². The highest BCUT2D eigenvalue weighted by Gasteiger charge is 2.18. The van der Waals surface area contributed by atoms with Crippen molar-refractivity contribution in [2.24, 2.45) is 0 Å². The molecule has 1 N–H and O–H groups in total. The van der Waals surface area contributed by atoms with Crippen LogP contribution in [0.25, 0.3) is 5.69 Å². The number of rotatable bonds is 8. The Balaban J connectivity index is 1.56. The zero-order valence-corrected chi connectivity index (χ0v) is 18.1. The van der Waals surface area contributed by atoms with E-state index in [9.17, 15) is 18.4 Å². The van der Waals surface area contributed by atoms with Crippen LogP contribution in [-0.4, -0.2) is 32.2 Å². The second kappa shape index (κ2) is 10.2. The van der Waals surface area contributed by atoms with Crippen LogP contribution in [-0.2, 0) is 6.54 Å². The van der Waals surface area contributed by atoms with Gasteiger partial charge in [0.25, 0.3) is 5.91 Å². The minimum absolute atomic E-state index is 0.0509. The molecule has 1 amide bonds. The Bertz CT molecular complexity index is 1280. The summed E-state index contributed by atoms with van der Waals surface area (Å²) in [5.74, 6) is -1.26. The van der Waals surface area contributed by atoms with Gasteiger partial charge in [-0.1, -0.05) is 54.2 Å². The summed E-state index contributed by atoms with van der Waals surface area (Å²) in [5, 5.41) is 11.3. The molecule has 4 aromatic rings. The maximum Gasteiger partial charge on any atom is 0.254 e. The van der Waals surface area contributed by atoms with Crippen LogP contribution in [0.4, 0.5) is 8.78 Å². The largest absolute Gasteiger partial charge is 0.345 e. The summed E-state index contributed by atoms with van der Waals surface area (Å²) in [7, 11) is 0.